The number of amides is 1. The second-order valence-electron chi connectivity index (χ2n) is 6.85. The van der Waals surface area contributed by atoms with Gasteiger partial charge in [-0.05, 0) is 38.4 Å². The standard InChI is InChI=1S/C19H29N3O2.ClH/c1-15-3-2-4-17(13-15)18(22-9-11-24-12-10-22)14-21-19(23)16-5-7-20-8-6-16;/h2-4,13,16,18,20H,5-12,14H2,1H3,(H,21,23);1H. The first-order valence-electron chi connectivity index (χ1n) is 9.11. The zero-order chi connectivity index (χ0) is 16.8. The Bertz CT molecular complexity index is 543. The van der Waals surface area contributed by atoms with E-state index in [0.29, 0.717) is 6.54 Å². The summed E-state index contributed by atoms with van der Waals surface area (Å²) in [6.45, 7) is 8.06. The van der Waals surface area contributed by atoms with Crippen LogP contribution >= 0.6 is 12.4 Å². The highest BCUT2D eigenvalue weighted by atomic mass is 35.5. The summed E-state index contributed by atoms with van der Waals surface area (Å²) in [5.41, 5.74) is 2.54. The third kappa shape index (κ3) is 5.68. The molecule has 2 saturated heterocycles. The zero-order valence-corrected chi connectivity index (χ0v) is 15.8. The number of aryl methyl sites for hydroxylation is 1. The minimum absolute atomic E-state index is 0. The molecular weight excluding hydrogens is 338 g/mol. The normalized spacial score (nSPS) is 20.5. The van der Waals surface area contributed by atoms with Gasteiger partial charge in [0.15, 0.2) is 0 Å². The topological polar surface area (TPSA) is 53.6 Å². The molecule has 2 heterocycles. The van der Waals surface area contributed by atoms with Crippen molar-refractivity contribution in [3.63, 3.8) is 0 Å². The van der Waals surface area contributed by atoms with E-state index in [1.807, 2.05) is 0 Å². The van der Waals surface area contributed by atoms with Gasteiger partial charge in [-0.15, -0.1) is 12.4 Å². The number of nitrogens with zero attached hydrogens (tertiary/aromatic N) is 1. The number of morpholine rings is 1. The van der Waals surface area contributed by atoms with Gasteiger partial charge < -0.3 is 15.4 Å². The van der Waals surface area contributed by atoms with Gasteiger partial charge in [-0.1, -0.05) is 29.8 Å². The Morgan fingerprint density at radius 3 is 2.72 bits per heavy atom. The van der Waals surface area contributed by atoms with Crippen LogP contribution in [0.3, 0.4) is 0 Å². The molecule has 6 heteroatoms. The maximum atomic E-state index is 12.5. The second kappa shape index (κ2) is 10.1. The monoisotopic (exact) mass is 367 g/mol. The van der Waals surface area contributed by atoms with Crippen molar-refractivity contribution >= 4 is 18.3 Å². The Hall–Kier alpha value is -1.14. The Morgan fingerprint density at radius 1 is 1.32 bits per heavy atom. The molecule has 0 bridgehead atoms. The summed E-state index contributed by atoms with van der Waals surface area (Å²) in [4.78, 5) is 14.9. The minimum Gasteiger partial charge on any atom is -0.379 e. The molecular formula is C19H30ClN3O2. The van der Waals surface area contributed by atoms with Gasteiger partial charge in [-0.25, -0.2) is 0 Å². The van der Waals surface area contributed by atoms with Crippen LogP contribution in [0.1, 0.15) is 30.0 Å². The van der Waals surface area contributed by atoms with Crippen LogP contribution in [0.5, 0.6) is 0 Å². The van der Waals surface area contributed by atoms with Crippen LogP contribution in [-0.2, 0) is 9.53 Å². The maximum Gasteiger partial charge on any atom is 0.223 e. The largest absolute Gasteiger partial charge is 0.379 e. The quantitative estimate of drug-likeness (QED) is 0.834. The lowest BCUT2D eigenvalue weighted by atomic mass is 9.96. The lowest BCUT2D eigenvalue weighted by Crippen LogP contribution is -2.45. The second-order valence-corrected chi connectivity index (χ2v) is 6.85. The number of hydrogen-bond acceptors (Lipinski definition) is 4. The number of rotatable bonds is 5. The molecule has 1 aromatic carbocycles. The van der Waals surface area contributed by atoms with Gasteiger partial charge in [0.1, 0.15) is 0 Å². The molecule has 25 heavy (non-hydrogen) atoms. The van der Waals surface area contributed by atoms with E-state index in [9.17, 15) is 4.79 Å². The molecule has 1 unspecified atom stereocenters. The van der Waals surface area contributed by atoms with Crippen molar-refractivity contribution in [1.82, 2.24) is 15.5 Å². The van der Waals surface area contributed by atoms with Gasteiger partial charge in [-0.2, -0.15) is 0 Å². The highest BCUT2D eigenvalue weighted by molar-refractivity contribution is 5.85. The molecule has 5 nitrogen and oxygen atoms in total. The van der Waals surface area contributed by atoms with E-state index >= 15 is 0 Å². The van der Waals surface area contributed by atoms with E-state index < -0.39 is 0 Å². The van der Waals surface area contributed by atoms with E-state index in [4.69, 9.17) is 4.74 Å². The summed E-state index contributed by atoms with van der Waals surface area (Å²) in [5, 5.41) is 6.53. The molecule has 1 aromatic rings. The summed E-state index contributed by atoms with van der Waals surface area (Å²) in [6, 6.07) is 8.85. The van der Waals surface area contributed by atoms with Gasteiger partial charge in [0.2, 0.25) is 5.91 Å². The van der Waals surface area contributed by atoms with Crippen molar-refractivity contribution in [1.29, 1.82) is 0 Å². The van der Waals surface area contributed by atoms with Crippen molar-refractivity contribution < 1.29 is 9.53 Å². The van der Waals surface area contributed by atoms with Crippen LogP contribution in [0.25, 0.3) is 0 Å². The SMILES string of the molecule is Cc1cccc(C(CNC(=O)C2CCNCC2)N2CCOCC2)c1.Cl. The Kier molecular flexibility index (Phi) is 8.16. The molecule has 0 spiro atoms. The molecule has 1 amide bonds. The molecule has 1 atom stereocenters. The number of benzene rings is 1. The summed E-state index contributed by atoms with van der Waals surface area (Å²) in [7, 11) is 0. The first-order chi connectivity index (χ1) is 11.7. The molecule has 3 rings (SSSR count). The molecule has 2 aliphatic rings. The van der Waals surface area contributed by atoms with E-state index in [-0.39, 0.29) is 30.3 Å². The van der Waals surface area contributed by atoms with Gasteiger partial charge in [-0.3, -0.25) is 9.69 Å². The number of ether oxygens (including phenoxy) is 1. The number of piperidine rings is 1. The third-order valence-corrected chi connectivity index (χ3v) is 5.09. The molecule has 140 valence electrons. The fourth-order valence-corrected chi connectivity index (χ4v) is 3.65. The smallest absolute Gasteiger partial charge is 0.223 e. The summed E-state index contributed by atoms with van der Waals surface area (Å²) < 4.78 is 5.49. The number of halogens is 1. The fraction of sp³-hybridized carbons (Fsp3) is 0.632. The molecule has 0 saturated carbocycles. The van der Waals surface area contributed by atoms with Crippen molar-refractivity contribution in [3.8, 4) is 0 Å². The van der Waals surface area contributed by atoms with Crippen LogP contribution in [0.4, 0.5) is 0 Å². The average molecular weight is 368 g/mol. The molecule has 2 N–H and O–H groups in total. The minimum atomic E-state index is 0. The number of carbonyl (C=O) groups is 1. The fourth-order valence-electron chi connectivity index (χ4n) is 3.65. The maximum absolute atomic E-state index is 12.5. The highest BCUT2D eigenvalue weighted by Gasteiger charge is 2.25. The molecule has 0 aliphatic carbocycles. The predicted octanol–water partition coefficient (Wildman–Crippen LogP) is 1.91. The summed E-state index contributed by atoms with van der Waals surface area (Å²) in [6.07, 6.45) is 1.89. The van der Waals surface area contributed by atoms with Gasteiger partial charge in [0, 0.05) is 25.6 Å². The number of hydrogen-bond donors (Lipinski definition) is 2. The summed E-state index contributed by atoms with van der Waals surface area (Å²) in [5.74, 6) is 0.372. The van der Waals surface area contributed by atoms with Crippen LogP contribution in [0.15, 0.2) is 24.3 Å². The van der Waals surface area contributed by atoms with Crippen LogP contribution in [0.2, 0.25) is 0 Å². The average Bonchev–Trinajstić information content (AvgIpc) is 2.63. The number of nitrogens with one attached hydrogen (secondary N) is 2. The Balaban J connectivity index is 0.00000225. The van der Waals surface area contributed by atoms with E-state index in [1.54, 1.807) is 0 Å². The van der Waals surface area contributed by atoms with E-state index in [0.717, 1.165) is 52.2 Å². The molecule has 0 aromatic heterocycles. The zero-order valence-electron chi connectivity index (χ0n) is 15.0. The van der Waals surface area contributed by atoms with Crippen molar-refractivity contribution in [3.05, 3.63) is 35.4 Å². The molecule has 2 fully saturated rings. The Labute approximate surface area is 156 Å². The van der Waals surface area contributed by atoms with Crippen LogP contribution in [-0.4, -0.2) is 56.7 Å². The first-order valence-corrected chi connectivity index (χ1v) is 9.11. The van der Waals surface area contributed by atoms with Crippen LogP contribution < -0.4 is 10.6 Å². The van der Waals surface area contributed by atoms with Crippen molar-refractivity contribution in [2.45, 2.75) is 25.8 Å². The van der Waals surface area contributed by atoms with Crippen molar-refractivity contribution in [2.24, 2.45) is 5.92 Å². The van der Waals surface area contributed by atoms with Gasteiger partial charge >= 0.3 is 0 Å². The molecule has 0 radical (unpaired) electrons. The lowest BCUT2D eigenvalue weighted by Gasteiger charge is -2.35. The third-order valence-electron chi connectivity index (χ3n) is 5.09. The van der Waals surface area contributed by atoms with Crippen molar-refractivity contribution in [2.75, 3.05) is 45.9 Å². The Morgan fingerprint density at radius 2 is 2.04 bits per heavy atom. The first kappa shape index (κ1) is 20.2. The number of carbonyl (C=O) groups excluding carboxylic acids is 1. The van der Waals surface area contributed by atoms with Gasteiger partial charge in [0.05, 0.1) is 19.3 Å². The van der Waals surface area contributed by atoms with Gasteiger partial charge in [0.25, 0.3) is 0 Å². The van der Waals surface area contributed by atoms with E-state index in [2.05, 4.69) is 46.7 Å². The predicted molar refractivity (Wildman–Crippen MR) is 102 cm³/mol. The van der Waals surface area contributed by atoms with Crippen LogP contribution in [0, 0.1) is 12.8 Å². The van der Waals surface area contributed by atoms with E-state index in [1.165, 1.54) is 11.1 Å². The lowest BCUT2D eigenvalue weighted by molar-refractivity contribution is -0.126. The molecule has 2 aliphatic heterocycles. The summed E-state index contributed by atoms with van der Waals surface area (Å²) >= 11 is 0. The highest BCUT2D eigenvalue weighted by Crippen LogP contribution is 2.22.